The molecule has 0 fully saturated rings. The fourth-order valence-corrected chi connectivity index (χ4v) is 4.47. The van der Waals surface area contributed by atoms with Crippen molar-refractivity contribution in [2.75, 3.05) is 19.0 Å². The molecule has 0 saturated heterocycles. The minimum Gasteiger partial charge on any atom is -0.495 e. The number of methoxy groups -OCH3 is 1. The third kappa shape index (κ3) is 5.32. The average molecular weight is 476 g/mol. The van der Waals surface area contributed by atoms with Crippen molar-refractivity contribution in [2.45, 2.75) is 20.4 Å². The van der Waals surface area contributed by atoms with Crippen molar-refractivity contribution >= 4 is 23.1 Å². The summed E-state index contributed by atoms with van der Waals surface area (Å²) in [6, 6.07) is 18.3. The first-order valence-electron chi connectivity index (χ1n) is 10.8. The number of carbonyl (C=O) groups excluding carboxylic acids is 1. The molecule has 0 bridgehead atoms. The zero-order chi connectivity index (χ0) is 24.1. The molecule has 34 heavy (non-hydrogen) atoms. The van der Waals surface area contributed by atoms with Crippen LogP contribution in [0.25, 0.3) is 21.1 Å². The predicted molar refractivity (Wildman–Crippen MR) is 135 cm³/mol. The quantitative estimate of drug-likeness (QED) is 0.411. The van der Waals surface area contributed by atoms with Crippen molar-refractivity contribution in [3.8, 4) is 26.9 Å². The highest BCUT2D eigenvalue weighted by atomic mass is 32.1. The van der Waals surface area contributed by atoms with Crippen molar-refractivity contribution < 1.29 is 9.53 Å². The fraction of sp³-hybridized carbons (Fsp3) is 0.200. The van der Waals surface area contributed by atoms with Gasteiger partial charge in [0.15, 0.2) is 0 Å². The Morgan fingerprint density at radius 3 is 2.65 bits per heavy atom. The Morgan fingerprint density at radius 2 is 1.88 bits per heavy atom. The zero-order valence-corrected chi connectivity index (χ0v) is 20.0. The van der Waals surface area contributed by atoms with Crippen LogP contribution in [0, 0.1) is 13.8 Å². The van der Waals surface area contributed by atoms with E-state index in [0.29, 0.717) is 17.1 Å². The molecule has 0 atom stereocenters. The summed E-state index contributed by atoms with van der Waals surface area (Å²) >= 11 is 1.53. The van der Waals surface area contributed by atoms with E-state index in [-0.39, 0.29) is 24.7 Å². The molecule has 2 aromatic carbocycles. The van der Waals surface area contributed by atoms with Crippen LogP contribution in [0.2, 0.25) is 0 Å². The Kier molecular flexibility index (Phi) is 7.03. The Morgan fingerprint density at radius 1 is 1.09 bits per heavy atom. The molecular weight excluding hydrogens is 450 g/mol. The molecule has 0 aliphatic carbocycles. The molecule has 4 aromatic rings. The number of carbonyl (C=O) groups is 1. The van der Waals surface area contributed by atoms with Crippen LogP contribution in [-0.2, 0) is 6.54 Å². The molecule has 2 amide bonds. The van der Waals surface area contributed by atoms with E-state index in [0.717, 1.165) is 26.7 Å². The van der Waals surface area contributed by atoms with Crippen LogP contribution >= 0.6 is 11.3 Å². The maximum atomic E-state index is 12.3. The van der Waals surface area contributed by atoms with E-state index in [2.05, 4.69) is 20.7 Å². The lowest BCUT2D eigenvalue weighted by Gasteiger charge is -2.12. The van der Waals surface area contributed by atoms with Crippen molar-refractivity contribution in [1.29, 1.82) is 0 Å². The number of nitrogens with zero attached hydrogens (tertiary/aromatic N) is 3. The average Bonchev–Trinajstić information content (AvgIpc) is 3.22. The van der Waals surface area contributed by atoms with Crippen molar-refractivity contribution in [1.82, 2.24) is 20.1 Å². The standard InChI is InChI=1S/C25H25N5O3S/c1-16-9-11-21(33-3)20(15-16)28-25(32)26-13-14-30-22(31)12-10-19(29-30)23-17(2)27-24(34-23)18-7-5-4-6-8-18/h4-12,15H,13-14H2,1-3H3,(H2,26,28,32). The second-order valence-corrected chi connectivity index (χ2v) is 8.66. The summed E-state index contributed by atoms with van der Waals surface area (Å²) < 4.78 is 6.63. The molecule has 0 aliphatic heterocycles. The molecule has 4 rings (SSSR count). The number of benzene rings is 2. The fourth-order valence-electron chi connectivity index (χ4n) is 3.43. The first-order valence-corrected chi connectivity index (χ1v) is 11.6. The molecule has 2 heterocycles. The zero-order valence-electron chi connectivity index (χ0n) is 19.2. The smallest absolute Gasteiger partial charge is 0.319 e. The topological polar surface area (TPSA) is 98.1 Å². The first kappa shape index (κ1) is 23.2. The SMILES string of the molecule is COc1ccc(C)cc1NC(=O)NCCn1nc(-c2sc(-c3ccccc3)nc2C)ccc1=O. The Labute approximate surface area is 201 Å². The number of aryl methyl sites for hydroxylation is 2. The summed E-state index contributed by atoms with van der Waals surface area (Å²) in [7, 11) is 1.55. The van der Waals surface area contributed by atoms with Gasteiger partial charge in [-0.2, -0.15) is 5.10 Å². The van der Waals surface area contributed by atoms with Gasteiger partial charge in [0.05, 0.1) is 29.9 Å². The second kappa shape index (κ2) is 10.3. The van der Waals surface area contributed by atoms with E-state index < -0.39 is 0 Å². The van der Waals surface area contributed by atoms with Gasteiger partial charge in [0.2, 0.25) is 0 Å². The maximum absolute atomic E-state index is 12.3. The van der Waals surface area contributed by atoms with Gasteiger partial charge in [-0.1, -0.05) is 36.4 Å². The van der Waals surface area contributed by atoms with Crippen molar-refractivity contribution in [2.24, 2.45) is 0 Å². The summed E-state index contributed by atoms with van der Waals surface area (Å²) in [5, 5.41) is 10.9. The third-order valence-electron chi connectivity index (χ3n) is 5.13. The Hall–Kier alpha value is -3.98. The van der Waals surface area contributed by atoms with Crippen LogP contribution in [0.1, 0.15) is 11.3 Å². The molecule has 9 heteroatoms. The largest absolute Gasteiger partial charge is 0.495 e. The van der Waals surface area contributed by atoms with Crippen LogP contribution in [0.5, 0.6) is 5.75 Å². The lowest BCUT2D eigenvalue weighted by Crippen LogP contribution is -2.34. The van der Waals surface area contributed by atoms with Crippen LogP contribution in [0.3, 0.4) is 0 Å². The van der Waals surface area contributed by atoms with Gasteiger partial charge in [0.1, 0.15) is 16.5 Å². The number of anilines is 1. The summed E-state index contributed by atoms with van der Waals surface area (Å²) in [4.78, 5) is 30.3. The van der Waals surface area contributed by atoms with E-state index in [9.17, 15) is 9.59 Å². The highest BCUT2D eigenvalue weighted by Gasteiger charge is 2.14. The number of hydrogen-bond acceptors (Lipinski definition) is 6. The Balaban J connectivity index is 1.44. The second-order valence-electron chi connectivity index (χ2n) is 7.66. The van der Waals surface area contributed by atoms with E-state index >= 15 is 0 Å². The number of nitrogens with one attached hydrogen (secondary N) is 2. The number of rotatable bonds is 7. The van der Waals surface area contributed by atoms with E-state index in [1.165, 1.54) is 22.1 Å². The van der Waals surface area contributed by atoms with Gasteiger partial charge in [-0.25, -0.2) is 14.5 Å². The number of hydrogen-bond donors (Lipinski definition) is 2. The lowest BCUT2D eigenvalue weighted by molar-refractivity contribution is 0.251. The molecule has 0 radical (unpaired) electrons. The number of ether oxygens (including phenoxy) is 1. The predicted octanol–water partition coefficient (Wildman–Crippen LogP) is 4.48. The van der Waals surface area contributed by atoms with Gasteiger partial charge in [-0.05, 0) is 37.6 Å². The summed E-state index contributed by atoms with van der Waals surface area (Å²) in [6.07, 6.45) is 0. The van der Waals surface area contributed by atoms with Crippen molar-refractivity contribution in [3.63, 3.8) is 0 Å². The van der Waals surface area contributed by atoms with Gasteiger partial charge in [-0.3, -0.25) is 4.79 Å². The third-order valence-corrected chi connectivity index (χ3v) is 6.36. The first-order chi connectivity index (χ1) is 16.4. The highest BCUT2D eigenvalue weighted by Crippen LogP contribution is 2.33. The van der Waals surface area contributed by atoms with Crippen LogP contribution in [-0.4, -0.2) is 34.5 Å². The summed E-state index contributed by atoms with van der Waals surface area (Å²) in [5.74, 6) is 0.570. The lowest BCUT2D eigenvalue weighted by atomic mass is 10.2. The molecule has 2 aromatic heterocycles. The minimum absolute atomic E-state index is 0.229. The van der Waals surface area contributed by atoms with Gasteiger partial charge in [-0.15, -0.1) is 11.3 Å². The molecule has 2 N–H and O–H groups in total. The molecule has 0 unspecified atom stereocenters. The molecular formula is C25H25N5O3S. The maximum Gasteiger partial charge on any atom is 0.319 e. The molecule has 0 saturated carbocycles. The van der Waals surface area contributed by atoms with E-state index in [1.807, 2.05) is 56.3 Å². The van der Waals surface area contributed by atoms with Crippen LogP contribution in [0.15, 0.2) is 65.5 Å². The highest BCUT2D eigenvalue weighted by molar-refractivity contribution is 7.18. The minimum atomic E-state index is -0.390. The normalized spacial score (nSPS) is 10.7. The van der Waals surface area contributed by atoms with Crippen molar-refractivity contribution in [3.05, 3.63) is 82.3 Å². The van der Waals surface area contributed by atoms with Gasteiger partial charge in [0.25, 0.3) is 5.56 Å². The van der Waals surface area contributed by atoms with Gasteiger partial charge in [0, 0.05) is 18.2 Å². The van der Waals surface area contributed by atoms with Gasteiger partial charge < -0.3 is 15.4 Å². The van der Waals surface area contributed by atoms with Crippen LogP contribution in [0.4, 0.5) is 10.5 Å². The molecule has 0 spiro atoms. The van der Waals surface area contributed by atoms with Gasteiger partial charge >= 0.3 is 6.03 Å². The number of thiazole rings is 1. The monoisotopic (exact) mass is 475 g/mol. The van der Waals surface area contributed by atoms with Crippen LogP contribution < -0.4 is 20.9 Å². The Bertz CT molecular complexity index is 1360. The molecule has 8 nitrogen and oxygen atoms in total. The summed E-state index contributed by atoms with van der Waals surface area (Å²) in [6.45, 7) is 4.32. The van der Waals surface area contributed by atoms with E-state index in [1.54, 1.807) is 19.2 Å². The number of aromatic nitrogens is 3. The number of urea groups is 1. The van der Waals surface area contributed by atoms with E-state index in [4.69, 9.17) is 4.74 Å². The number of amides is 2. The molecule has 0 aliphatic rings. The molecule has 174 valence electrons. The summed E-state index contributed by atoms with van der Waals surface area (Å²) in [5.41, 5.74) is 3.90.